The van der Waals surface area contributed by atoms with Gasteiger partial charge in [-0.2, -0.15) is 15.1 Å². The molecular formula is C39H49ClFN7O5. The van der Waals surface area contributed by atoms with Crippen LogP contribution in [0, 0.1) is 30.0 Å². The van der Waals surface area contributed by atoms with Gasteiger partial charge in [0.25, 0.3) is 0 Å². The highest BCUT2D eigenvalue weighted by Gasteiger charge is 2.56. The number of nitrogens with zero attached hydrogens (tertiary/aromatic N) is 6. The minimum atomic E-state index is -1.18. The fourth-order valence-corrected chi connectivity index (χ4v) is 10.8. The molecular weight excluding hydrogens is 701 g/mol. The standard InChI is InChI=1S/C39H49ClFN7O5/c1-21-13-26-25(17-42-46-26)29(31(21)40)33-32(41)34-30(36(43-33)51-4)35(47-11-12-52-19-38(2,49)18-47)45-37(44-34)53-20-39-8-5-7-28(39)48(10-6-9-39)27-15-22-14-23(50-3)16-24(22)27/h13,17,22-24,27-28,49H,5-12,14-16,18-20H2,1-4H3,(H,42,46)/t22-,23+,24-,27?,28+,38-,39+/m0/s1. The van der Waals surface area contributed by atoms with Crippen molar-refractivity contribution >= 4 is 39.2 Å². The number of aryl methyl sites for hydroxylation is 1. The van der Waals surface area contributed by atoms with E-state index in [1.807, 2.05) is 25.0 Å². The van der Waals surface area contributed by atoms with E-state index < -0.39 is 11.4 Å². The predicted molar refractivity (Wildman–Crippen MR) is 199 cm³/mol. The SMILES string of the molecule is COc1nc(-c2c(Cl)c(C)cc3[nH]ncc23)c(F)c2nc(OC[C@]34CCC[C@H]3N(C3C[C@@H]5C[C@@H](OC)C[C@H]35)CCC4)nc(N3CCOC[C@@](C)(O)C3)c12. The second kappa shape index (κ2) is 13.4. The van der Waals surface area contributed by atoms with Crippen molar-refractivity contribution in [2.24, 2.45) is 17.3 Å². The normalized spacial score (nSPS) is 31.8. The smallest absolute Gasteiger partial charge is 0.319 e. The molecule has 2 N–H and O–H groups in total. The van der Waals surface area contributed by atoms with E-state index >= 15 is 4.39 Å². The molecule has 0 bridgehead atoms. The first-order valence-electron chi connectivity index (χ1n) is 19.1. The Morgan fingerprint density at radius 1 is 1.13 bits per heavy atom. The quantitative estimate of drug-likeness (QED) is 0.217. The average molecular weight is 750 g/mol. The van der Waals surface area contributed by atoms with E-state index in [0.717, 1.165) is 56.6 Å². The second-order valence-corrected chi connectivity index (χ2v) is 16.9. The van der Waals surface area contributed by atoms with E-state index in [-0.39, 0.29) is 47.1 Å². The first-order valence-corrected chi connectivity index (χ1v) is 19.5. The van der Waals surface area contributed by atoms with Crippen molar-refractivity contribution in [1.29, 1.82) is 0 Å². The predicted octanol–water partition coefficient (Wildman–Crippen LogP) is 6.09. The van der Waals surface area contributed by atoms with Gasteiger partial charge in [0.2, 0.25) is 5.88 Å². The number of rotatable bonds is 8. The first kappa shape index (κ1) is 35.3. The summed E-state index contributed by atoms with van der Waals surface area (Å²) < 4.78 is 41.4. The Morgan fingerprint density at radius 2 is 1.98 bits per heavy atom. The number of benzene rings is 1. The summed E-state index contributed by atoms with van der Waals surface area (Å²) in [4.78, 5) is 19.2. The Morgan fingerprint density at radius 3 is 2.81 bits per heavy atom. The maximum atomic E-state index is 17.3. The summed E-state index contributed by atoms with van der Waals surface area (Å²) in [6, 6.07) is 2.99. The number of piperidine rings is 1. The number of fused-ring (bicyclic) bond motifs is 4. The van der Waals surface area contributed by atoms with Crippen molar-refractivity contribution in [3.05, 3.63) is 28.7 Å². The molecule has 53 heavy (non-hydrogen) atoms. The molecule has 12 nitrogen and oxygen atoms in total. The number of aromatic nitrogens is 5. The van der Waals surface area contributed by atoms with Gasteiger partial charge in [-0.25, -0.2) is 9.37 Å². The van der Waals surface area contributed by atoms with E-state index in [9.17, 15) is 5.11 Å². The lowest BCUT2D eigenvalue weighted by molar-refractivity contribution is -0.0760. The molecule has 3 aliphatic carbocycles. The van der Waals surface area contributed by atoms with Crippen molar-refractivity contribution < 1.29 is 28.4 Å². The number of ether oxygens (including phenoxy) is 4. The molecule has 7 atom stereocenters. The van der Waals surface area contributed by atoms with Gasteiger partial charge in [0.1, 0.15) is 28.0 Å². The summed E-state index contributed by atoms with van der Waals surface area (Å²) in [6.45, 7) is 6.24. The topological polar surface area (TPSA) is 131 Å². The van der Waals surface area contributed by atoms with Crippen molar-refractivity contribution in [2.45, 2.75) is 89.0 Å². The van der Waals surface area contributed by atoms with E-state index in [2.05, 4.69) is 15.1 Å². The van der Waals surface area contributed by atoms with Gasteiger partial charge in [0, 0.05) is 42.1 Å². The summed E-state index contributed by atoms with van der Waals surface area (Å²) in [7, 11) is 3.34. The van der Waals surface area contributed by atoms with E-state index in [1.165, 1.54) is 20.0 Å². The van der Waals surface area contributed by atoms with E-state index in [4.69, 9.17) is 45.5 Å². The molecule has 284 valence electrons. The van der Waals surface area contributed by atoms with Gasteiger partial charge in [-0.15, -0.1) is 0 Å². The number of pyridine rings is 1. The molecule has 5 heterocycles. The Bertz CT molecular complexity index is 2050. The molecule has 3 saturated carbocycles. The Labute approximate surface area is 313 Å². The number of H-pyrrole nitrogens is 1. The molecule has 1 unspecified atom stereocenters. The zero-order chi connectivity index (χ0) is 36.6. The van der Waals surface area contributed by atoms with Crippen LogP contribution in [0.5, 0.6) is 11.9 Å². The van der Waals surface area contributed by atoms with Crippen LogP contribution in [-0.2, 0) is 9.47 Å². The summed E-state index contributed by atoms with van der Waals surface area (Å²) in [5.74, 6) is 1.32. The fraction of sp³-hybridized carbons (Fsp3) is 0.641. The summed E-state index contributed by atoms with van der Waals surface area (Å²) in [5.41, 5.74) is 0.629. The molecule has 5 aliphatic rings. The Hall–Kier alpha value is -3.36. The lowest BCUT2D eigenvalue weighted by atomic mass is 9.67. The maximum absolute atomic E-state index is 17.3. The van der Waals surface area contributed by atoms with E-state index in [0.29, 0.717) is 71.2 Å². The number of halogens is 2. The molecule has 3 aromatic heterocycles. The molecule has 2 saturated heterocycles. The van der Waals surface area contributed by atoms with Crippen LogP contribution in [0.3, 0.4) is 0 Å². The van der Waals surface area contributed by atoms with Gasteiger partial charge in [0.05, 0.1) is 56.3 Å². The number of aromatic amines is 1. The minimum absolute atomic E-state index is 0.00459. The number of aliphatic hydroxyl groups is 1. The van der Waals surface area contributed by atoms with Gasteiger partial charge in [-0.05, 0) is 88.8 Å². The molecule has 2 aliphatic heterocycles. The van der Waals surface area contributed by atoms with Crippen molar-refractivity contribution in [3.63, 3.8) is 0 Å². The van der Waals surface area contributed by atoms with Crippen LogP contribution in [-0.4, -0.2) is 113 Å². The van der Waals surface area contributed by atoms with Gasteiger partial charge < -0.3 is 29.0 Å². The highest BCUT2D eigenvalue weighted by atomic mass is 35.5. The lowest BCUT2D eigenvalue weighted by Crippen LogP contribution is -2.61. The molecule has 9 rings (SSSR count). The van der Waals surface area contributed by atoms with E-state index in [1.54, 1.807) is 13.1 Å². The Balaban J connectivity index is 1.12. The van der Waals surface area contributed by atoms with Crippen LogP contribution in [0.25, 0.3) is 33.1 Å². The van der Waals surface area contributed by atoms with Crippen LogP contribution in [0.1, 0.15) is 63.9 Å². The average Bonchev–Trinajstić information content (AvgIpc) is 3.84. The number of hydrogen-bond donors (Lipinski definition) is 2. The van der Waals surface area contributed by atoms with Gasteiger partial charge in [-0.3, -0.25) is 10.00 Å². The fourth-order valence-electron chi connectivity index (χ4n) is 10.6. The van der Waals surface area contributed by atoms with Crippen molar-refractivity contribution in [1.82, 2.24) is 30.0 Å². The number of likely N-dealkylation sites (tertiary alicyclic amines) is 1. The number of hydrogen-bond acceptors (Lipinski definition) is 11. The van der Waals surface area contributed by atoms with Gasteiger partial charge in [-0.1, -0.05) is 18.0 Å². The third-order valence-corrected chi connectivity index (χ3v) is 13.6. The number of methoxy groups -OCH3 is 2. The molecule has 14 heteroatoms. The number of anilines is 1. The zero-order valence-electron chi connectivity index (χ0n) is 31.0. The van der Waals surface area contributed by atoms with Crippen LogP contribution >= 0.6 is 11.6 Å². The molecule has 4 aromatic rings. The molecule has 5 fully saturated rings. The third kappa shape index (κ3) is 5.92. The first-order chi connectivity index (χ1) is 25.6. The Kier molecular flexibility index (Phi) is 8.96. The maximum Gasteiger partial charge on any atom is 0.319 e. The van der Waals surface area contributed by atoms with Crippen LogP contribution < -0.4 is 14.4 Å². The molecule has 0 radical (unpaired) electrons. The van der Waals surface area contributed by atoms with Crippen molar-refractivity contribution in [2.75, 3.05) is 58.6 Å². The summed E-state index contributed by atoms with van der Waals surface area (Å²) in [6.07, 6.45) is 11.2. The highest BCUT2D eigenvalue weighted by molar-refractivity contribution is 6.35. The molecule has 1 aromatic carbocycles. The number of β-amino-alcohol motifs (C(OH)–C–C–N with tert-alkyl or cyclic N) is 1. The van der Waals surface area contributed by atoms with Crippen LogP contribution in [0.15, 0.2) is 12.3 Å². The number of nitrogens with one attached hydrogen (secondary N) is 1. The lowest BCUT2D eigenvalue weighted by Gasteiger charge is -2.55. The monoisotopic (exact) mass is 749 g/mol. The van der Waals surface area contributed by atoms with Gasteiger partial charge in [0.15, 0.2) is 5.82 Å². The highest BCUT2D eigenvalue weighted by Crippen LogP contribution is 2.56. The summed E-state index contributed by atoms with van der Waals surface area (Å²) in [5, 5.41) is 19.6. The molecule has 0 amide bonds. The third-order valence-electron chi connectivity index (χ3n) is 13.1. The molecule has 0 spiro atoms. The largest absolute Gasteiger partial charge is 0.480 e. The van der Waals surface area contributed by atoms with Gasteiger partial charge >= 0.3 is 6.01 Å². The zero-order valence-corrected chi connectivity index (χ0v) is 31.7. The van der Waals surface area contributed by atoms with Crippen LogP contribution in [0.2, 0.25) is 5.02 Å². The minimum Gasteiger partial charge on any atom is -0.480 e. The van der Waals surface area contributed by atoms with Crippen molar-refractivity contribution in [3.8, 4) is 23.1 Å². The van der Waals surface area contributed by atoms with Crippen LogP contribution in [0.4, 0.5) is 10.2 Å². The second-order valence-electron chi connectivity index (χ2n) is 16.5. The summed E-state index contributed by atoms with van der Waals surface area (Å²) >= 11 is 6.89.